The molecule has 1 fully saturated rings. The van der Waals surface area contributed by atoms with Crippen LogP contribution in [0.2, 0.25) is 0 Å². The number of amides is 1. The van der Waals surface area contributed by atoms with Crippen LogP contribution in [-0.2, 0) is 13.0 Å². The van der Waals surface area contributed by atoms with Crippen molar-refractivity contribution in [1.82, 2.24) is 15.1 Å². The van der Waals surface area contributed by atoms with Crippen molar-refractivity contribution in [3.63, 3.8) is 0 Å². The molecule has 0 aliphatic heterocycles. The first-order chi connectivity index (χ1) is 9.97. The summed E-state index contributed by atoms with van der Waals surface area (Å²) in [6.45, 7) is 7.15. The molecule has 2 unspecified atom stereocenters. The highest BCUT2D eigenvalue weighted by atomic mass is 16.3. The van der Waals surface area contributed by atoms with Gasteiger partial charge in [-0.05, 0) is 38.2 Å². The molecule has 1 aromatic heterocycles. The minimum Gasteiger partial charge on any atom is -0.388 e. The van der Waals surface area contributed by atoms with E-state index in [0.717, 1.165) is 31.4 Å². The minimum atomic E-state index is -0.752. The normalized spacial score (nSPS) is 25.8. The van der Waals surface area contributed by atoms with Crippen LogP contribution in [-0.4, -0.2) is 32.9 Å². The SMILES string of the molecule is CCc1cc(C(=O)NCC2(O)CCCC(C)C2)n(CC)n1. The zero-order chi connectivity index (χ0) is 15.5. The van der Waals surface area contributed by atoms with E-state index in [4.69, 9.17) is 0 Å². The van der Waals surface area contributed by atoms with Crippen LogP contribution in [0.1, 0.15) is 62.6 Å². The van der Waals surface area contributed by atoms with Gasteiger partial charge in [0.1, 0.15) is 5.69 Å². The fourth-order valence-electron chi connectivity index (χ4n) is 3.19. The highest BCUT2D eigenvalue weighted by molar-refractivity contribution is 5.92. The van der Waals surface area contributed by atoms with Crippen LogP contribution in [0.15, 0.2) is 6.07 Å². The lowest BCUT2D eigenvalue weighted by Crippen LogP contribution is -2.46. The van der Waals surface area contributed by atoms with Crippen molar-refractivity contribution in [2.75, 3.05) is 6.54 Å². The van der Waals surface area contributed by atoms with E-state index in [1.807, 2.05) is 19.9 Å². The summed E-state index contributed by atoms with van der Waals surface area (Å²) in [4.78, 5) is 12.3. The van der Waals surface area contributed by atoms with E-state index in [-0.39, 0.29) is 5.91 Å². The molecule has 0 saturated heterocycles. The average Bonchev–Trinajstić information content (AvgIpc) is 2.88. The van der Waals surface area contributed by atoms with Gasteiger partial charge in [0.15, 0.2) is 0 Å². The number of aliphatic hydroxyl groups is 1. The number of aryl methyl sites for hydroxylation is 2. The van der Waals surface area contributed by atoms with E-state index in [0.29, 0.717) is 24.7 Å². The molecule has 1 heterocycles. The van der Waals surface area contributed by atoms with Crippen molar-refractivity contribution in [2.45, 2.75) is 65.0 Å². The third kappa shape index (κ3) is 3.84. The molecule has 21 heavy (non-hydrogen) atoms. The summed E-state index contributed by atoms with van der Waals surface area (Å²) in [5.41, 5.74) is 0.756. The average molecular weight is 293 g/mol. The van der Waals surface area contributed by atoms with Crippen molar-refractivity contribution >= 4 is 5.91 Å². The largest absolute Gasteiger partial charge is 0.388 e. The second kappa shape index (κ2) is 6.60. The first-order valence-corrected chi connectivity index (χ1v) is 8.04. The van der Waals surface area contributed by atoms with Crippen LogP contribution in [0, 0.1) is 5.92 Å². The van der Waals surface area contributed by atoms with E-state index in [2.05, 4.69) is 17.3 Å². The molecule has 1 aliphatic carbocycles. The Kier molecular flexibility index (Phi) is 5.04. The Balaban J connectivity index is 1.99. The Morgan fingerprint density at radius 2 is 2.33 bits per heavy atom. The maximum absolute atomic E-state index is 12.3. The van der Waals surface area contributed by atoms with Gasteiger partial charge >= 0.3 is 0 Å². The standard InChI is InChI=1S/C16H27N3O2/c1-4-13-9-14(19(5-2)18-13)15(20)17-11-16(21)8-6-7-12(3)10-16/h9,12,21H,4-8,10-11H2,1-3H3,(H,17,20). The Labute approximate surface area is 126 Å². The molecule has 1 saturated carbocycles. The number of hydrogen-bond donors (Lipinski definition) is 2. The van der Waals surface area contributed by atoms with Gasteiger partial charge in [-0.25, -0.2) is 0 Å². The van der Waals surface area contributed by atoms with E-state index in [1.165, 1.54) is 6.42 Å². The lowest BCUT2D eigenvalue weighted by atomic mass is 9.79. The monoisotopic (exact) mass is 293 g/mol. The van der Waals surface area contributed by atoms with Crippen LogP contribution < -0.4 is 5.32 Å². The highest BCUT2D eigenvalue weighted by Crippen LogP contribution is 2.31. The molecular formula is C16H27N3O2. The fraction of sp³-hybridized carbons (Fsp3) is 0.750. The van der Waals surface area contributed by atoms with Gasteiger partial charge in [-0.1, -0.05) is 26.7 Å². The second-order valence-electron chi connectivity index (χ2n) is 6.30. The van der Waals surface area contributed by atoms with Gasteiger partial charge in [0.25, 0.3) is 5.91 Å². The Morgan fingerprint density at radius 1 is 1.57 bits per heavy atom. The van der Waals surface area contributed by atoms with Crippen LogP contribution in [0.5, 0.6) is 0 Å². The molecule has 0 aromatic carbocycles. The maximum Gasteiger partial charge on any atom is 0.269 e. The molecule has 0 radical (unpaired) electrons. The summed E-state index contributed by atoms with van der Waals surface area (Å²) >= 11 is 0. The third-order valence-corrected chi connectivity index (χ3v) is 4.37. The predicted octanol–water partition coefficient (Wildman–Crippen LogP) is 2.14. The molecule has 0 spiro atoms. The zero-order valence-corrected chi connectivity index (χ0v) is 13.4. The third-order valence-electron chi connectivity index (χ3n) is 4.37. The second-order valence-corrected chi connectivity index (χ2v) is 6.30. The van der Waals surface area contributed by atoms with Crippen molar-refractivity contribution in [1.29, 1.82) is 0 Å². The first kappa shape index (κ1) is 16.0. The Bertz CT molecular complexity index is 498. The molecule has 2 atom stereocenters. The molecule has 1 amide bonds. The molecule has 2 rings (SSSR count). The van der Waals surface area contributed by atoms with Gasteiger partial charge in [-0.15, -0.1) is 0 Å². The van der Waals surface area contributed by atoms with Crippen LogP contribution in [0.4, 0.5) is 0 Å². The van der Waals surface area contributed by atoms with Gasteiger partial charge in [-0.2, -0.15) is 5.10 Å². The quantitative estimate of drug-likeness (QED) is 0.874. The first-order valence-electron chi connectivity index (χ1n) is 8.04. The summed E-state index contributed by atoms with van der Waals surface area (Å²) in [7, 11) is 0. The predicted molar refractivity (Wildman–Crippen MR) is 82.2 cm³/mol. The molecule has 1 aromatic rings. The number of aromatic nitrogens is 2. The van der Waals surface area contributed by atoms with E-state index < -0.39 is 5.60 Å². The van der Waals surface area contributed by atoms with E-state index in [9.17, 15) is 9.90 Å². The van der Waals surface area contributed by atoms with Crippen LogP contribution >= 0.6 is 0 Å². The van der Waals surface area contributed by atoms with Gasteiger partial charge in [-0.3, -0.25) is 9.48 Å². The Hall–Kier alpha value is -1.36. The number of hydrogen-bond acceptors (Lipinski definition) is 3. The van der Waals surface area contributed by atoms with Crippen molar-refractivity contribution in [3.05, 3.63) is 17.5 Å². The lowest BCUT2D eigenvalue weighted by molar-refractivity contribution is -0.0110. The minimum absolute atomic E-state index is 0.143. The summed E-state index contributed by atoms with van der Waals surface area (Å²) in [6.07, 6.45) is 4.54. The van der Waals surface area contributed by atoms with Crippen LogP contribution in [0.3, 0.4) is 0 Å². The molecule has 2 N–H and O–H groups in total. The number of nitrogens with zero attached hydrogens (tertiary/aromatic N) is 2. The Morgan fingerprint density at radius 3 is 2.95 bits per heavy atom. The zero-order valence-electron chi connectivity index (χ0n) is 13.4. The maximum atomic E-state index is 12.3. The molecule has 1 aliphatic rings. The van der Waals surface area contributed by atoms with Gasteiger partial charge in [0, 0.05) is 13.1 Å². The summed E-state index contributed by atoms with van der Waals surface area (Å²) in [5, 5.41) is 17.9. The van der Waals surface area contributed by atoms with Gasteiger partial charge in [0.05, 0.1) is 11.3 Å². The van der Waals surface area contributed by atoms with Gasteiger partial charge < -0.3 is 10.4 Å². The molecule has 118 valence electrons. The van der Waals surface area contributed by atoms with Crippen molar-refractivity contribution in [2.24, 2.45) is 5.92 Å². The molecule has 0 bridgehead atoms. The molecule has 5 heteroatoms. The smallest absolute Gasteiger partial charge is 0.269 e. The fourth-order valence-corrected chi connectivity index (χ4v) is 3.19. The van der Waals surface area contributed by atoms with E-state index in [1.54, 1.807) is 4.68 Å². The number of carbonyl (C=O) groups excluding carboxylic acids is 1. The summed E-state index contributed by atoms with van der Waals surface area (Å²) < 4.78 is 1.72. The summed E-state index contributed by atoms with van der Waals surface area (Å²) in [5.74, 6) is 0.379. The van der Waals surface area contributed by atoms with Crippen molar-refractivity contribution in [3.8, 4) is 0 Å². The molecule has 5 nitrogen and oxygen atoms in total. The van der Waals surface area contributed by atoms with Gasteiger partial charge in [0.2, 0.25) is 0 Å². The number of nitrogens with one attached hydrogen (secondary N) is 1. The molecular weight excluding hydrogens is 266 g/mol. The number of rotatable bonds is 5. The van der Waals surface area contributed by atoms with E-state index >= 15 is 0 Å². The highest BCUT2D eigenvalue weighted by Gasteiger charge is 2.33. The van der Waals surface area contributed by atoms with Crippen molar-refractivity contribution < 1.29 is 9.90 Å². The van der Waals surface area contributed by atoms with Crippen LogP contribution in [0.25, 0.3) is 0 Å². The number of carbonyl (C=O) groups is 1. The lowest BCUT2D eigenvalue weighted by Gasteiger charge is -2.35. The summed E-state index contributed by atoms with van der Waals surface area (Å²) in [6, 6.07) is 1.84. The topological polar surface area (TPSA) is 67.2 Å².